The lowest BCUT2D eigenvalue weighted by Gasteiger charge is -2.12. The number of hydrogen-bond donors (Lipinski definition) is 0. The van der Waals surface area contributed by atoms with Gasteiger partial charge in [-0.25, -0.2) is 0 Å². The van der Waals surface area contributed by atoms with Crippen molar-refractivity contribution in [3.05, 3.63) is 127 Å². The molecule has 1 nitrogen and oxygen atoms in total. The summed E-state index contributed by atoms with van der Waals surface area (Å²) in [5, 5.41) is 9.94. The van der Waals surface area contributed by atoms with Gasteiger partial charge in [-0.05, 0) is 84.9 Å². The second kappa shape index (κ2) is 8.09. The molecule has 8 rings (SSSR count). The van der Waals surface area contributed by atoms with E-state index in [9.17, 15) is 0 Å². The molecule has 0 saturated heterocycles. The van der Waals surface area contributed by atoms with Crippen molar-refractivity contribution in [3.63, 3.8) is 0 Å². The molecule has 0 unspecified atom stereocenters. The zero-order valence-electron chi connectivity index (χ0n) is 20.6. The minimum Gasteiger partial charge on any atom is -0.456 e. The Morgan fingerprint density at radius 2 is 0.868 bits per heavy atom. The fourth-order valence-corrected chi connectivity index (χ4v) is 5.94. The minimum atomic E-state index is 0.709. The lowest BCUT2D eigenvalue weighted by atomic mass is 9.91. The molecule has 0 bridgehead atoms. The zero-order valence-corrected chi connectivity index (χ0v) is 20.6. The quantitative estimate of drug-likeness (QED) is 0.178. The summed E-state index contributed by atoms with van der Waals surface area (Å²) >= 11 is 0. The summed E-state index contributed by atoms with van der Waals surface area (Å²) in [6, 6.07) is 45.4. The Labute approximate surface area is 221 Å². The first-order valence-electron chi connectivity index (χ1n) is 12.9. The molecule has 2 radical (unpaired) electrons. The number of benzene rings is 7. The van der Waals surface area contributed by atoms with Gasteiger partial charge in [-0.1, -0.05) is 103 Å². The predicted octanol–water partition coefficient (Wildman–Crippen LogP) is 9.17. The highest BCUT2D eigenvalue weighted by Crippen LogP contribution is 2.38. The smallest absolute Gasteiger partial charge is 0.135 e. The number of hydrogen-bond acceptors (Lipinski definition) is 1. The third-order valence-electron chi connectivity index (χ3n) is 7.77. The highest BCUT2D eigenvalue weighted by Gasteiger charge is 2.12. The van der Waals surface area contributed by atoms with E-state index in [4.69, 9.17) is 12.3 Å². The molecule has 2 heteroatoms. The van der Waals surface area contributed by atoms with Gasteiger partial charge in [0.2, 0.25) is 0 Å². The van der Waals surface area contributed by atoms with Crippen LogP contribution in [0, 0.1) is 0 Å². The molecule has 0 amide bonds. The van der Waals surface area contributed by atoms with Crippen LogP contribution in [-0.2, 0) is 0 Å². The molecular weight excluding hydrogens is 459 g/mol. The summed E-state index contributed by atoms with van der Waals surface area (Å²) in [6.45, 7) is 0. The van der Waals surface area contributed by atoms with E-state index < -0.39 is 0 Å². The molecule has 0 aliphatic heterocycles. The Balaban J connectivity index is 1.30. The van der Waals surface area contributed by atoms with Crippen molar-refractivity contribution in [2.45, 2.75) is 0 Å². The Kier molecular flexibility index (Phi) is 4.53. The second-order valence-electron chi connectivity index (χ2n) is 10.0. The van der Waals surface area contributed by atoms with E-state index in [-0.39, 0.29) is 0 Å². The van der Waals surface area contributed by atoms with Crippen LogP contribution in [0.5, 0.6) is 0 Å². The van der Waals surface area contributed by atoms with E-state index >= 15 is 0 Å². The summed E-state index contributed by atoms with van der Waals surface area (Å²) in [5.74, 6) is 0. The third-order valence-corrected chi connectivity index (χ3v) is 7.77. The van der Waals surface area contributed by atoms with Crippen LogP contribution in [0.3, 0.4) is 0 Å². The fraction of sp³-hybridized carbons (Fsp3) is 0. The van der Waals surface area contributed by atoms with Gasteiger partial charge in [0.25, 0.3) is 0 Å². The molecule has 174 valence electrons. The van der Waals surface area contributed by atoms with Gasteiger partial charge in [0.1, 0.15) is 19.0 Å². The van der Waals surface area contributed by atoms with Crippen LogP contribution in [0.2, 0.25) is 0 Å². The molecule has 8 aromatic rings. The van der Waals surface area contributed by atoms with E-state index in [0.717, 1.165) is 27.5 Å². The van der Waals surface area contributed by atoms with Crippen LogP contribution in [0.4, 0.5) is 0 Å². The van der Waals surface area contributed by atoms with Crippen molar-refractivity contribution < 1.29 is 4.42 Å². The van der Waals surface area contributed by atoms with Gasteiger partial charge in [0.05, 0.1) is 0 Å². The van der Waals surface area contributed by atoms with Crippen molar-refractivity contribution >= 4 is 67.6 Å². The van der Waals surface area contributed by atoms with Gasteiger partial charge < -0.3 is 4.42 Å². The molecule has 38 heavy (non-hydrogen) atoms. The first-order valence-corrected chi connectivity index (χ1v) is 12.9. The minimum absolute atomic E-state index is 0.709. The highest BCUT2D eigenvalue weighted by molar-refractivity contribution is 6.33. The molecule has 1 heterocycles. The van der Waals surface area contributed by atoms with E-state index in [2.05, 4.69) is 109 Å². The molecule has 0 aliphatic carbocycles. The number of fused-ring (bicyclic) bond motifs is 9. The van der Waals surface area contributed by atoms with E-state index in [1.165, 1.54) is 49.0 Å². The second-order valence-corrected chi connectivity index (χ2v) is 10.0. The average Bonchev–Trinajstić information content (AvgIpc) is 3.34. The van der Waals surface area contributed by atoms with Crippen LogP contribution in [0.1, 0.15) is 0 Å². The molecule has 0 fully saturated rings. The van der Waals surface area contributed by atoms with Crippen molar-refractivity contribution in [2.75, 3.05) is 0 Å². The van der Waals surface area contributed by atoms with E-state index in [1.54, 1.807) is 0 Å². The zero-order chi connectivity index (χ0) is 25.2. The highest BCUT2D eigenvalue weighted by atomic mass is 16.3. The summed E-state index contributed by atoms with van der Waals surface area (Å²) in [7, 11) is 5.97. The lowest BCUT2D eigenvalue weighted by molar-refractivity contribution is 0.669. The molecule has 0 N–H and O–H groups in total. The van der Waals surface area contributed by atoms with Gasteiger partial charge in [0.15, 0.2) is 0 Å². The van der Waals surface area contributed by atoms with Crippen LogP contribution in [0.15, 0.2) is 132 Å². The van der Waals surface area contributed by atoms with Gasteiger partial charge in [-0.3, -0.25) is 0 Å². The molecular formula is C36H21BO. The van der Waals surface area contributed by atoms with E-state index in [1.807, 2.05) is 18.2 Å². The van der Waals surface area contributed by atoms with Crippen molar-refractivity contribution in [2.24, 2.45) is 0 Å². The summed E-state index contributed by atoms with van der Waals surface area (Å²) in [4.78, 5) is 0. The number of rotatable bonds is 2. The molecule has 7 aromatic carbocycles. The SMILES string of the molecule is [B]c1ccc2c(c1)oc1ccc(-c3cccc(-c4ccc5c6ccccc6c6ccccc6c5c4)c3)cc12. The number of furan rings is 1. The van der Waals surface area contributed by atoms with Crippen LogP contribution in [0.25, 0.3) is 76.5 Å². The fourth-order valence-electron chi connectivity index (χ4n) is 5.94. The van der Waals surface area contributed by atoms with Gasteiger partial charge >= 0.3 is 0 Å². The molecule has 0 aliphatic rings. The Morgan fingerprint density at radius 1 is 0.342 bits per heavy atom. The Bertz CT molecular complexity index is 2170. The Hall–Kier alpha value is -4.82. The maximum atomic E-state index is 6.04. The molecule has 0 saturated carbocycles. The third kappa shape index (κ3) is 3.20. The molecule has 0 spiro atoms. The maximum Gasteiger partial charge on any atom is 0.135 e. The average molecular weight is 480 g/mol. The van der Waals surface area contributed by atoms with Crippen LogP contribution >= 0.6 is 0 Å². The first kappa shape index (κ1) is 21.3. The van der Waals surface area contributed by atoms with E-state index in [0.29, 0.717) is 5.46 Å². The van der Waals surface area contributed by atoms with Gasteiger partial charge in [-0.2, -0.15) is 0 Å². The van der Waals surface area contributed by atoms with Crippen molar-refractivity contribution in [1.82, 2.24) is 0 Å². The monoisotopic (exact) mass is 480 g/mol. The normalized spacial score (nSPS) is 11.8. The lowest BCUT2D eigenvalue weighted by Crippen LogP contribution is -1.98. The standard InChI is InChI=1S/C36H21BO/c37-26-14-16-32-34-20-25(13-17-35(34)38-36(32)21-26)23-7-5-6-22(18-23)24-12-15-31-29-10-2-1-8-27(29)28-9-3-4-11-30(28)33(31)19-24/h1-21H. The maximum absolute atomic E-state index is 6.04. The summed E-state index contributed by atoms with van der Waals surface area (Å²) < 4.78 is 6.04. The largest absolute Gasteiger partial charge is 0.456 e. The summed E-state index contributed by atoms with van der Waals surface area (Å²) in [6.07, 6.45) is 0. The predicted molar refractivity (Wildman–Crippen MR) is 162 cm³/mol. The first-order chi connectivity index (χ1) is 18.7. The Morgan fingerprint density at radius 3 is 1.55 bits per heavy atom. The van der Waals surface area contributed by atoms with Crippen LogP contribution in [-0.4, -0.2) is 7.85 Å². The van der Waals surface area contributed by atoms with Gasteiger partial charge in [-0.15, -0.1) is 0 Å². The van der Waals surface area contributed by atoms with Crippen molar-refractivity contribution in [1.29, 1.82) is 0 Å². The van der Waals surface area contributed by atoms with Gasteiger partial charge in [0, 0.05) is 10.8 Å². The van der Waals surface area contributed by atoms with Crippen molar-refractivity contribution in [3.8, 4) is 22.3 Å². The molecule has 0 atom stereocenters. The molecule has 1 aromatic heterocycles. The summed E-state index contributed by atoms with van der Waals surface area (Å²) in [5.41, 5.74) is 7.16. The topological polar surface area (TPSA) is 13.1 Å². The van der Waals surface area contributed by atoms with Crippen LogP contribution < -0.4 is 5.46 Å².